The van der Waals surface area contributed by atoms with E-state index in [2.05, 4.69) is 20.8 Å². The van der Waals surface area contributed by atoms with Gasteiger partial charge in [0, 0.05) is 25.2 Å². The summed E-state index contributed by atoms with van der Waals surface area (Å²) in [7, 11) is -3.56. The van der Waals surface area contributed by atoms with Gasteiger partial charge in [0.1, 0.15) is 0 Å². The first-order valence-corrected chi connectivity index (χ1v) is 8.81. The van der Waals surface area contributed by atoms with Gasteiger partial charge in [-0.2, -0.15) is 4.31 Å². The Kier molecular flexibility index (Phi) is 4.58. The molecule has 6 nitrogen and oxygen atoms in total. The minimum atomic E-state index is -3.56. The van der Waals surface area contributed by atoms with E-state index in [0.717, 1.165) is 12.8 Å². The molecule has 0 aliphatic carbocycles. The van der Waals surface area contributed by atoms with E-state index in [1.165, 1.54) is 28.6 Å². The van der Waals surface area contributed by atoms with Crippen LogP contribution >= 0.6 is 0 Å². The number of nitro groups is 1. The van der Waals surface area contributed by atoms with Gasteiger partial charge < -0.3 is 0 Å². The molecule has 1 heterocycles. The lowest BCUT2D eigenvalue weighted by atomic mass is 9.76. The van der Waals surface area contributed by atoms with Gasteiger partial charge in [-0.25, -0.2) is 8.42 Å². The van der Waals surface area contributed by atoms with Crippen LogP contribution in [0.5, 0.6) is 0 Å². The Bertz CT molecular complexity index is 639. The van der Waals surface area contributed by atoms with Crippen LogP contribution in [0.3, 0.4) is 0 Å². The normalized spacial score (nSPS) is 18.3. The zero-order valence-corrected chi connectivity index (χ0v) is 14.0. The standard InChI is InChI=1S/C15H22N2O4S/c1-15(2,3)12-8-10-16(11-9-12)22(20,21)14-6-4-13(5-7-14)17(18)19/h4-7,12H,8-11H2,1-3H3. The van der Waals surface area contributed by atoms with Crippen molar-refractivity contribution < 1.29 is 13.3 Å². The molecule has 0 saturated carbocycles. The first-order chi connectivity index (χ1) is 10.1. The molecular weight excluding hydrogens is 304 g/mol. The fraction of sp³-hybridized carbons (Fsp3) is 0.600. The van der Waals surface area contributed by atoms with Crippen LogP contribution in [-0.4, -0.2) is 30.7 Å². The van der Waals surface area contributed by atoms with E-state index >= 15 is 0 Å². The van der Waals surface area contributed by atoms with Gasteiger partial charge in [-0.1, -0.05) is 20.8 Å². The second-order valence-electron chi connectivity index (χ2n) is 6.80. The van der Waals surface area contributed by atoms with E-state index in [9.17, 15) is 18.5 Å². The molecule has 2 rings (SSSR count). The van der Waals surface area contributed by atoms with Crippen LogP contribution in [0, 0.1) is 21.4 Å². The second-order valence-corrected chi connectivity index (χ2v) is 8.73. The fourth-order valence-electron chi connectivity index (χ4n) is 2.85. The average Bonchev–Trinajstić information content (AvgIpc) is 2.46. The molecule has 0 bridgehead atoms. The minimum absolute atomic E-state index is 0.106. The summed E-state index contributed by atoms with van der Waals surface area (Å²) in [4.78, 5) is 10.2. The highest BCUT2D eigenvalue weighted by atomic mass is 32.2. The molecule has 0 spiro atoms. The first-order valence-electron chi connectivity index (χ1n) is 7.37. The SMILES string of the molecule is CC(C)(C)C1CCN(S(=O)(=O)c2ccc([N+](=O)[O-])cc2)CC1. The third-order valence-electron chi connectivity index (χ3n) is 4.36. The van der Waals surface area contributed by atoms with Crippen LogP contribution in [0.15, 0.2) is 29.2 Å². The lowest BCUT2D eigenvalue weighted by Crippen LogP contribution is -2.41. The molecule has 0 amide bonds. The van der Waals surface area contributed by atoms with Crippen molar-refractivity contribution in [2.45, 2.75) is 38.5 Å². The number of rotatable bonds is 3. The van der Waals surface area contributed by atoms with Crippen LogP contribution in [0.4, 0.5) is 5.69 Å². The van der Waals surface area contributed by atoms with Crippen LogP contribution < -0.4 is 0 Å². The first kappa shape index (κ1) is 16.9. The number of hydrogen-bond donors (Lipinski definition) is 0. The van der Waals surface area contributed by atoms with Crippen molar-refractivity contribution in [3.8, 4) is 0 Å². The van der Waals surface area contributed by atoms with Gasteiger partial charge >= 0.3 is 0 Å². The molecule has 0 atom stereocenters. The van der Waals surface area contributed by atoms with E-state index in [-0.39, 0.29) is 16.0 Å². The highest BCUT2D eigenvalue weighted by Gasteiger charge is 2.34. The third-order valence-corrected chi connectivity index (χ3v) is 6.28. The summed E-state index contributed by atoms with van der Waals surface area (Å²) < 4.78 is 26.6. The van der Waals surface area contributed by atoms with Crippen molar-refractivity contribution >= 4 is 15.7 Å². The Morgan fingerprint density at radius 3 is 2.05 bits per heavy atom. The van der Waals surface area contributed by atoms with Crippen LogP contribution in [0.2, 0.25) is 0 Å². The summed E-state index contributed by atoms with van der Waals surface area (Å²) in [6.07, 6.45) is 1.69. The Hall–Kier alpha value is -1.47. The number of piperidine rings is 1. The number of benzene rings is 1. The molecule has 0 radical (unpaired) electrons. The number of nitro benzene ring substituents is 1. The average molecular weight is 326 g/mol. The summed E-state index contributed by atoms with van der Waals surface area (Å²) >= 11 is 0. The monoisotopic (exact) mass is 326 g/mol. The van der Waals surface area contributed by atoms with E-state index in [4.69, 9.17) is 0 Å². The molecular formula is C15H22N2O4S. The van der Waals surface area contributed by atoms with Crippen LogP contribution in [0.1, 0.15) is 33.6 Å². The lowest BCUT2D eigenvalue weighted by molar-refractivity contribution is -0.384. The highest BCUT2D eigenvalue weighted by Crippen LogP contribution is 2.35. The van der Waals surface area contributed by atoms with Crippen molar-refractivity contribution in [3.05, 3.63) is 34.4 Å². The van der Waals surface area contributed by atoms with Gasteiger partial charge in [0.05, 0.1) is 9.82 Å². The Balaban J connectivity index is 2.13. The summed E-state index contributed by atoms with van der Waals surface area (Å²) in [6.45, 7) is 7.54. The summed E-state index contributed by atoms with van der Waals surface area (Å²) in [5.74, 6) is 0.510. The van der Waals surface area contributed by atoms with Crippen molar-refractivity contribution in [2.75, 3.05) is 13.1 Å². The molecule has 0 unspecified atom stereocenters. The number of nitrogens with zero attached hydrogens (tertiary/aromatic N) is 2. The fourth-order valence-corrected chi connectivity index (χ4v) is 4.32. The predicted octanol–water partition coefficient (Wildman–Crippen LogP) is 3.04. The second kappa shape index (κ2) is 5.96. The maximum absolute atomic E-state index is 12.6. The van der Waals surface area contributed by atoms with Gasteiger partial charge in [0.25, 0.3) is 5.69 Å². The molecule has 1 aliphatic rings. The summed E-state index contributed by atoms with van der Waals surface area (Å²) in [5, 5.41) is 10.6. The molecule has 1 fully saturated rings. The van der Waals surface area contributed by atoms with Gasteiger partial charge in [0.15, 0.2) is 0 Å². The number of sulfonamides is 1. The molecule has 1 aliphatic heterocycles. The number of hydrogen-bond acceptors (Lipinski definition) is 4. The zero-order valence-electron chi connectivity index (χ0n) is 13.2. The minimum Gasteiger partial charge on any atom is -0.258 e. The molecule has 1 aromatic carbocycles. The van der Waals surface area contributed by atoms with Gasteiger partial charge in [-0.3, -0.25) is 10.1 Å². The lowest BCUT2D eigenvalue weighted by Gasteiger charge is -2.38. The maximum Gasteiger partial charge on any atom is 0.269 e. The third kappa shape index (κ3) is 3.47. The summed E-state index contributed by atoms with van der Waals surface area (Å²) in [6, 6.07) is 5.08. The maximum atomic E-state index is 12.6. The molecule has 1 aromatic rings. The van der Waals surface area contributed by atoms with E-state index in [1.807, 2.05) is 0 Å². The van der Waals surface area contributed by atoms with E-state index in [1.54, 1.807) is 0 Å². The van der Waals surface area contributed by atoms with Crippen molar-refractivity contribution in [2.24, 2.45) is 11.3 Å². The van der Waals surface area contributed by atoms with Crippen LogP contribution in [-0.2, 0) is 10.0 Å². The Labute approximate surface area is 131 Å². The van der Waals surface area contributed by atoms with Gasteiger partial charge in [-0.05, 0) is 36.3 Å². The molecule has 7 heteroatoms. The van der Waals surface area contributed by atoms with Crippen molar-refractivity contribution in [1.29, 1.82) is 0 Å². The quantitative estimate of drug-likeness (QED) is 0.631. The molecule has 22 heavy (non-hydrogen) atoms. The largest absolute Gasteiger partial charge is 0.269 e. The predicted molar refractivity (Wildman–Crippen MR) is 84.0 cm³/mol. The summed E-state index contributed by atoms with van der Waals surface area (Å²) in [5.41, 5.74) is 0.0776. The molecule has 1 saturated heterocycles. The van der Waals surface area contributed by atoms with Crippen molar-refractivity contribution in [1.82, 2.24) is 4.31 Å². The van der Waals surface area contributed by atoms with Gasteiger partial charge in [-0.15, -0.1) is 0 Å². The Morgan fingerprint density at radius 1 is 1.14 bits per heavy atom. The van der Waals surface area contributed by atoms with Crippen molar-refractivity contribution in [3.63, 3.8) is 0 Å². The number of non-ortho nitro benzene ring substituents is 1. The van der Waals surface area contributed by atoms with E-state index < -0.39 is 14.9 Å². The molecule has 0 aromatic heterocycles. The van der Waals surface area contributed by atoms with E-state index in [0.29, 0.717) is 19.0 Å². The van der Waals surface area contributed by atoms with Gasteiger partial charge in [0.2, 0.25) is 10.0 Å². The Morgan fingerprint density at radius 2 is 1.64 bits per heavy atom. The molecule has 122 valence electrons. The highest BCUT2D eigenvalue weighted by molar-refractivity contribution is 7.89. The smallest absolute Gasteiger partial charge is 0.258 e. The van der Waals surface area contributed by atoms with Crippen LogP contribution in [0.25, 0.3) is 0 Å². The molecule has 0 N–H and O–H groups in total. The topological polar surface area (TPSA) is 80.5 Å². The zero-order chi connectivity index (χ0) is 16.5.